The third-order valence-electron chi connectivity index (χ3n) is 4.92. The number of nitro benzene ring substituents is 1. The fraction of sp³-hybridized carbons (Fsp3) is 0.350. The van der Waals surface area contributed by atoms with E-state index in [9.17, 15) is 14.9 Å². The van der Waals surface area contributed by atoms with Crippen molar-refractivity contribution in [3.63, 3.8) is 0 Å². The molecule has 1 saturated heterocycles. The smallest absolute Gasteiger partial charge is 0.271 e. The molecule has 9 heteroatoms. The van der Waals surface area contributed by atoms with E-state index in [0.717, 1.165) is 5.56 Å². The Morgan fingerprint density at radius 2 is 2.07 bits per heavy atom. The Morgan fingerprint density at radius 1 is 1.34 bits per heavy atom. The fourth-order valence-corrected chi connectivity index (χ4v) is 3.34. The van der Waals surface area contributed by atoms with Gasteiger partial charge in [0, 0.05) is 30.2 Å². The molecule has 0 radical (unpaired) electrons. The van der Waals surface area contributed by atoms with E-state index in [2.05, 4.69) is 5.32 Å². The van der Waals surface area contributed by atoms with E-state index < -0.39 is 11.0 Å². The van der Waals surface area contributed by atoms with Crippen molar-refractivity contribution in [1.82, 2.24) is 4.90 Å². The molecule has 1 aliphatic rings. The van der Waals surface area contributed by atoms with Gasteiger partial charge >= 0.3 is 0 Å². The summed E-state index contributed by atoms with van der Waals surface area (Å²) in [5.41, 5.74) is 1.14. The van der Waals surface area contributed by atoms with Crippen LogP contribution in [-0.2, 0) is 9.53 Å². The Hall–Kier alpha value is -2.68. The first kappa shape index (κ1) is 21.0. The highest BCUT2D eigenvalue weighted by Gasteiger charge is 2.29. The number of anilines is 1. The lowest BCUT2D eigenvalue weighted by Gasteiger charge is -2.36. The van der Waals surface area contributed by atoms with Crippen LogP contribution in [0.1, 0.15) is 18.6 Å². The normalized spacial score (nSPS) is 18.1. The molecule has 1 heterocycles. The standard InChI is InChI=1S/C20H22ClN3O5/c1-13(20(25)22-17-11-16(24(26)27)7-8-18(17)28-2)23-9-10-29-19(12-23)14-3-5-15(21)6-4-14/h3-8,11,13,19H,9-10,12H2,1-2H3,(H,22,25)/t13-,19-/m1/s1. The zero-order chi connectivity index (χ0) is 21.0. The minimum absolute atomic E-state index is 0.122. The molecule has 1 aliphatic heterocycles. The summed E-state index contributed by atoms with van der Waals surface area (Å²) < 4.78 is 11.1. The Labute approximate surface area is 173 Å². The van der Waals surface area contributed by atoms with Crippen molar-refractivity contribution < 1.29 is 19.2 Å². The van der Waals surface area contributed by atoms with E-state index in [1.165, 1.54) is 25.3 Å². The number of benzene rings is 2. The highest BCUT2D eigenvalue weighted by Crippen LogP contribution is 2.30. The third kappa shape index (κ3) is 5.03. The zero-order valence-corrected chi connectivity index (χ0v) is 16.9. The van der Waals surface area contributed by atoms with Crippen LogP contribution in [-0.4, -0.2) is 48.6 Å². The minimum Gasteiger partial charge on any atom is -0.495 e. The van der Waals surface area contributed by atoms with E-state index >= 15 is 0 Å². The van der Waals surface area contributed by atoms with Gasteiger partial charge in [-0.1, -0.05) is 23.7 Å². The van der Waals surface area contributed by atoms with Crippen molar-refractivity contribution in [2.45, 2.75) is 19.1 Å². The molecule has 1 fully saturated rings. The van der Waals surface area contributed by atoms with E-state index in [1.54, 1.807) is 6.92 Å². The van der Waals surface area contributed by atoms with E-state index in [0.29, 0.717) is 30.5 Å². The van der Waals surface area contributed by atoms with Crippen molar-refractivity contribution in [1.29, 1.82) is 0 Å². The van der Waals surface area contributed by atoms with Gasteiger partial charge in [0.25, 0.3) is 5.69 Å². The van der Waals surface area contributed by atoms with Crippen LogP contribution in [0.15, 0.2) is 42.5 Å². The number of carbonyl (C=O) groups is 1. The van der Waals surface area contributed by atoms with Crippen LogP contribution in [0.5, 0.6) is 5.75 Å². The SMILES string of the molecule is COc1ccc([N+](=O)[O-])cc1NC(=O)[C@@H](C)N1CCO[C@@H](c2ccc(Cl)cc2)C1. The summed E-state index contributed by atoms with van der Waals surface area (Å²) in [7, 11) is 1.44. The van der Waals surface area contributed by atoms with Gasteiger partial charge in [0.15, 0.2) is 0 Å². The first-order valence-corrected chi connectivity index (χ1v) is 9.51. The van der Waals surface area contributed by atoms with E-state index in [1.807, 2.05) is 29.2 Å². The fourth-order valence-electron chi connectivity index (χ4n) is 3.21. The first-order valence-electron chi connectivity index (χ1n) is 9.13. The van der Waals surface area contributed by atoms with Gasteiger partial charge < -0.3 is 14.8 Å². The van der Waals surface area contributed by atoms with Crippen LogP contribution in [0.25, 0.3) is 0 Å². The molecule has 1 amide bonds. The molecular formula is C20H22ClN3O5. The second-order valence-electron chi connectivity index (χ2n) is 6.71. The maximum atomic E-state index is 12.8. The zero-order valence-electron chi connectivity index (χ0n) is 16.1. The molecule has 3 rings (SSSR count). The summed E-state index contributed by atoms with van der Waals surface area (Å²) in [5.74, 6) is 0.0812. The van der Waals surface area contributed by atoms with Crippen LogP contribution in [0.4, 0.5) is 11.4 Å². The van der Waals surface area contributed by atoms with Crippen molar-refractivity contribution in [2.24, 2.45) is 0 Å². The lowest BCUT2D eigenvalue weighted by Crippen LogP contribution is -2.48. The van der Waals surface area contributed by atoms with E-state index in [-0.39, 0.29) is 23.4 Å². The summed E-state index contributed by atoms with van der Waals surface area (Å²) in [4.78, 5) is 25.3. The Bertz CT molecular complexity index is 890. The molecule has 29 heavy (non-hydrogen) atoms. The molecular weight excluding hydrogens is 398 g/mol. The van der Waals surface area contributed by atoms with Gasteiger partial charge in [0.2, 0.25) is 5.91 Å². The molecule has 0 bridgehead atoms. The maximum absolute atomic E-state index is 12.8. The highest BCUT2D eigenvalue weighted by atomic mass is 35.5. The van der Waals surface area contributed by atoms with Crippen molar-refractivity contribution in [2.75, 3.05) is 32.1 Å². The summed E-state index contributed by atoms with van der Waals surface area (Å²) in [6.07, 6.45) is -0.163. The number of amides is 1. The van der Waals surface area contributed by atoms with Crippen molar-refractivity contribution in [3.8, 4) is 5.75 Å². The van der Waals surface area contributed by atoms with Gasteiger partial charge in [0.1, 0.15) is 5.75 Å². The third-order valence-corrected chi connectivity index (χ3v) is 5.17. The van der Waals surface area contributed by atoms with Gasteiger partial charge in [-0.2, -0.15) is 0 Å². The topological polar surface area (TPSA) is 93.9 Å². The predicted molar refractivity (Wildman–Crippen MR) is 109 cm³/mol. The van der Waals surface area contributed by atoms with Crippen LogP contribution in [0.2, 0.25) is 5.02 Å². The van der Waals surface area contributed by atoms with E-state index in [4.69, 9.17) is 21.1 Å². The number of nitrogens with zero attached hydrogens (tertiary/aromatic N) is 2. The first-order chi connectivity index (χ1) is 13.9. The average Bonchev–Trinajstić information content (AvgIpc) is 2.73. The summed E-state index contributed by atoms with van der Waals surface area (Å²) in [6, 6.07) is 11.1. The molecule has 2 aromatic rings. The molecule has 0 saturated carbocycles. The second-order valence-corrected chi connectivity index (χ2v) is 7.15. The van der Waals surface area contributed by atoms with Crippen LogP contribution in [0.3, 0.4) is 0 Å². The van der Waals surface area contributed by atoms with Crippen molar-refractivity contribution in [3.05, 3.63) is 63.2 Å². The number of methoxy groups -OCH3 is 1. The van der Waals surface area contributed by atoms with Gasteiger partial charge in [-0.25, -0.2) is 0 Å². The second kappa shape index (κ2) is 9.21. The number of carbonyl (C=O) groups excluding carboxylic acids is 1. The average molecular weight is 420 g/mol. The predicted octanol–water partition coefficient (Wildman–Crippen LogP) is 3.66. The number of non-ortho nitro benzene ring substituents is 1. The summed E-state index contributed by atoms with van der Waals surface area (Å²) in [6.45, 7) is 3.43. The number of rotatable bonds is 6. The number of hydrogen-bond acceptors (Lipinski definition) is 6. The number of morpholine rings is 1. The summed E-state index contributed by atoms with van der Waals surface area (Å²) >= 11 is 5.95. The number of halogens is 1. The molecule has 2 atom stereocenters. The molecule has 154 valence electrons. The lowest BCUT2D eigenvalue weighted by atomic mass is 10.1. The summed E-state index contributed by atoms with van der Waals surface area (Å²) in [5, 5.41) is 14.4. The van der Waals surface area contributed by atoms with Gasteiger partial charge in [-0.15, -0.1) is 0 Å². The van der Waals surface area contributed by atoms with Crippen LogP contribution >= 0.6 is 11.6 Å². The molecule has 2 aromatic carbocycles. The number of hydrogen-bond donors (Lipinski definition) is 1. The largest absolute Gasteiger partial charge is 0.495 e. The molecule has 0 aliphatic carbocycles. The minimum atomic E-state index is -0.517. The molecule has 1 N–H and O–H groups in total. The Kier molecular flexibility index (Phi) is 6.68. The quantitative estimate of drug-likeness (QED) is 0.567. The molecule has 0 unspecified atom stereocenters. The number of nitrogens with one attached hydrogen (secondary N) is 1. The molecule has 8 nitrogen and oxygen atoms in total. The van der Waals surface area contributed by atoms with Gasteiger partial charge in [0.05, 0.1) is 36.5 Å². The number of nitro groups is 1. The monoisotopic (exact) mass is 419 g/mol. The maximum Gasteiger partial charge on any atom is 0.271 e. The van der Waals surface area contributed by atoms with Gasteiger partial charge in [-0.05, 0) is 30.7 Å². The van der Waals surface area contributed by atoms with Gasteiger partial charge in [-0.3, -0.25) is 19.8 Å². The Balaban J connectivity index is 1.70. The van der Waals surface area contributed by atoms with Crippen molar-refractivity contribution >= 4 is 28.9 Å². The van der Waals surface area contributed by atoms with Crippen LogP contribution < -0.4 is 10.1 Å². The molecule has 0 spiro atoms. The lowest BCUT2D eigenvalue weighted by molar-refractivity contribution is -0.384. The number of ether oxygens (including phenoxy) is 2. The molecule has 0 aromatic heterocycles. The van der Waals surface area contributed by atoms with Crippen LogP contribution in [0, 0.1) is 10.1 Å². The Morgan fingerprint density at radius 3 is 2.72 bits per heavy atom. The highest BCUT2D eigenvalue weighted by molar-refractivity contribution is 6.30.